The summed E-state index contributed by atoms with van der Waals surface area (Å²) in [5, 5.41) is 13.2. The van der Waals surface area contributed by atoms with Crippen LogP contribution in [0.5, 0.6) is 0 Å². The number of aliphatic hydroxyl groups is 1. The summed E-state index contributed by atoms with van der Waals surface area (Å²) in [5.41, 5.74) is -0.372. The third-order valence-electron chi connectivity index (χ3n) is 3.04. The van der Waals surface area contributed by atoms with E-state index in [0.717, 1.165) is 19.4 Å². The topological polar surface area (TPSA) is 32.3 Å². The molecule has 1 saturated carbocycles. The standard InChI is InChI=1S/C10H21NO/c1-8(2)9(3)11-7-10(12)5-4-6-10/h8-9,11-12H,4-7H2,1-3H3/t9-/m1/s1. The first kappa shape index (κ1) is 10.0. The molecule has 1 rings (SSSR count). The van der Waals surface area contributed by atoms with Crippen molar-refractivity contribution in [3.63, 3.8) is 0 Å². The molecule has 0 aromatic carbocycles. The van der Waals surface area contributed by atoms with Gasteiger partial charge < -0.3 is 10.4 Å². The molecule has 1 aliphatic rings. The van der Waals surface area contributed by atoms with Gasteiger partial charge in [0.15, 0.2) is 0 Å². The van der Waals surface area contributed by atoms with Gasteiger partial charge in [-0.2, -0.15) is 0 Å². The fourth-order valence-electron chi connectivity index (χ4n) is 1.35. The van der Waals surface area contributed by atoms with Crippen LogP contribution in [0.4, 0.5) is 0 Å². The van der Waals surface area contributed by atoms with E-state index in [4.69, 9.17) is 0 Å². The van der Waals surface area contributed by atoms with Gasteiger partial charge in [0.05, 0.1) is 5.60 Å². The molecule has 0 radical (unpaired) electrons. The molecule has 1 atom stereocenters. The fraction of sp³-hybridized carbons (Fsp3) is 1.00. The van der Waals surface area contributed by atoms with E-state index in [0.29, 0.717) is 12.0 Å². The summed E-state index contributed by atoms with van der Waals surface area (Å²) < 4.78 is 0. The van der Waals surface area contributed by atoms with Crippen molar-refractivity contribution in [2.75, 3.05) is 6.54 Å². The quantitative estimate of drug-likeness (QED) is 0.672. The van der Waals surface area contributed by atoms with Crippen molar-refractivity contribution < 1.29 is 5.11 Å². The Bertz CT molecular complexity index is 141. The highest BCUT2D eigenvalue weighted by Crippen LogP contribution is 2.30. The van der Waals surface area contributed by atoms with Crippen LogP contribution in [-0.2, 0) is 0 Å². The van der Waals surface area contributed by atoms with Crippen molar-refractivity contribution in [2.45, 2.75) is 51.7 Å². The molecule has 0 aromatic rings. The molecule has 0 aliphatic heterocycles. The molecule has 0 unspecified atom stereocenters. The molecule has 0 saturated heterocycles. The van der Waals surface area contributed by atoms with E-state index in [-0.39, 0.29) is 5.60 Å². The number of hydrogen-bond donors (Lipinski definition) is 2. The molecule has 12 heavy (non-hydrogen) atoms. The van der Waals surface area contributed by atoms with E-state index in [9.17, 15) is 5.11 Å². The van der Waals surface area contributed by atoms with Crippen molar-refractivity contribution >= 4 is 0 Å². The molecule has 1 aliphatic carbocycles. The van der Waals surface area contributed by atoms with E-state index in [2.05, 4.69) is 26.1 Å². The maximum atomic E-state index is 9.78. The van der Waals surface area contributed by atoms with E-state index in [1.54, 1.807) is 0 Å². The molecule has 0 bridgehead atoms. The number of nitrogens with one attached hydrogen (secondary N) is 1. The Hall–Kier alpha value is -0.0800. The Morgan fingerprint density at radius 3 is 2.25 bits per heavy atom. The Morgan fingerprint density at radius 1 is 1.33 bits per heavy atom. The molecular formula is C10H21NO. The molecule has 72 valence electrons. The Labute approximate surface area is 75.4 Å². The average molecular weight is 171 g/mol. The summed E-state index contributed by atoms with van der Waals surface area (Å²) in [6.07, 6.45) is 3.14. The van der Waals surface area contributed by atoms with Gasteiger partial charge in [-0.3, -0.25) is 0 Å². The summed E-state index contributed by atoms with van der Waals surface area (Å²) in [7, 11) is 0. The summed E-state index contributed by atoms with van der Waals surface area (Å²) in [5.74, 6) is 0.647. The lowest BCUT2D eigenvalue weighted by atomic mass is 9.80. The second-order valence-corrected chi connectivity index (χ2v) is 4.49. The van der Waals surface area contributed by atoms with Crippen LogP contribution in [0.2, 0.25) is 0 Å². The monoisotopic (exact) mass is 171 g/mol. The molecule has 0 heterocycles. The van der Waals surface area contributed by atoms with Crippen LogP contribution >= 0.6 is 0 Å². The first-order valence-corrected chi connectivity index (χ1v) is 4.99. The van der Waals surface area contributed by atoms with Gasteiger partial charge >= 0.3 is 0 Å². The predicted molar refractivity (Wildman–Crippen MR) is 51.1 cm³/mol. The Morgan fingerprint density at radius 2 is 1.92 bits per heavy atom. The first-order chi connectivity index (χ1) is 5.53. The lowest BCUT2D eigenvalue weighted by Gasteiger charge is -2.38. The Balaban J connectivity index is 2.16. The van der Waals surface area contributed by atoms with Gasteiger partial charge in [0.2, 0.25) is 0 Å². The minimum atomic E-state index is -0.372. The smallest absolute Gasteiger partial charge is 0.0771 e. The van der Waals surface area contributed by atoms with Crippen molar-refractivity contribution in [1.29, 1.82) is 0 Å². The van der Waals surface area contributed by atoms with Crippen molar-refractivity contribution in [3.05, 3.63) is 0 Å². The zero-order chi connectivity index (χ0) is 9.19. The largest absolute Gasteiger partial charge is 0.389 e. The second-order valence-electron chi connectivity index (χ2n) is 4.49. The second kappa shape index (κ2) is 3.75. The SMILES string of the molecule is CC(C)[C@@H](C)NCC1(O)CCC1. The molecule has 2 nitrogen and oxygen atoms in total. The lowest BCUT2D eigenvalue weighted by molar-refractivity contribution is -0.0337. The van der Waals surface area contributed by atoms with Gasteiger partial charge in [-0.1, -0.05) is 13.8 Å². The predicted octanol–water partition coefficient (Wildman–Crippen LogP) is 1.54. The van der Waals surface area contributed by atoms with Crippen molar-refractivity contribution in [1.82, 2.24) is 5.32 Å². The van der Waals surface area contributed by atoms with E-state index < -0.39 is 0 Å². The van der Waals surface area contributed by atoms with E-state index >= 15 is 0 Å². The van der Waals surface area contributed by atoms with Gasteiger partial charge in [-0.05, 0) is 32.1 Å². The van der Waals surface area contributed by atoms with Gasteiger partial charge in [0, 0.05) is 12.6 Å². The molecule has 0 amide bonds. The maximum absolute atomic E-state index is 9.78. The zero-order valence-electron chi connectivity index (χ0n) is 8.43. The highest BCUT2D eigenvalue weighted by atomic mass is 16.3. The fourth-order valence-corrected chi connectivity index (χ4v) is 1.35. The minimum Gasteiger partial charge on any atom is -0.389 e. The molecule has 0 aromatic heterocycles. The number of hydrogen-bond acceptors (Lipinski definition) is 2. The van der Waals surface area contributed by atoms with Crippen molar-refractivity contribution in [3.8, 4) is 0 Å². The van der Waals surface area contributed by atoms with Crippen LogP contribution in [-0.4, -0.2) is 23.3 Å². The van der Waals surface area contributed by atoms with Crippen LogP contribution in [0.3, 0.4) is 0 Å². The van der Waals surface area contributed by atoms with Crippen molar-refractivity contribution in [2.24, 2.45) is 5.92 Å². The molecular weight excluding hydrogens is 150 g/mol. The highest BCUT2D eigenvalue weighted by Gasteiger charge is 2.34. The number of rotatable bonds is 4. The van der Waals surface area contributed by atoms with Gasteiger partial charge in [-0.15, -0.1) is 0 Å². The first-order valence-electron chi connectivity index (χ1n) is 4.99. The van der Waals surface area contributed by atoms with Gasteiger partial charge in [-0.25, -0.2) is 0 Å². The van der Waals surface area contributed by atoms with Gasteiger partial charge in [0.1, 0.15) is 0 Å². The summed E-state index contributed by atoms with van der Waals surface area (Å²) in [4.78, 5) is 0. The van der Waals surface area contributed by atoms with Crippen LogP contribution in [0, 0.1) is 5.92 Å². The molecule has 2 heteroatoms. The summed E-state index contributed by atoms with van der Waals surface area (Å²) >= 11 is 0. The third kappa shape index (κ3) is 2.46. The van der Waals surface area contributed by atoms with Gasteiger partial charge in [0.25, 0.3) is 0 Å². The minimum absolute atomic E-state index is 0.372. The van der Waals surface area contributed by atoms with E-state index in [1.807, 2.05) is 0 Å². The molecule has 2 N–H and O–H groups in total. The van der Waals surface area contributed by atoms with E-state index in [1.165, 1.54) is 6.42 Å². The molecule has 1 fully saturated rings. The normalized spacial score (nSPS) is 23.8. The lowest BCUT2D eigenvalue weighted by Crippen LogP contribution is -2.49. The zero-order valence-corrected chi connectivity index (χ0v) is 8.43. The van der Waals surface area contributed by atoms with Crippen LogP contribution in [0.25, 0.3) is 0 Å². The summed E-state index contributed by atoms with van der Waals surface area (Å²) in [6.45, 7) is 7.34. The van der Waals surface area contributed by atoms with Crippen LogP contribution < -0.4 is 5.32 Å². The van der Waals surface area contributed by atoms with Crippen LogP contribution in [0.15, 0.2) is 0 Å². The summed E-state index contributed by atoms with van der Waals surface area (Å²) in [6, 6.07) is 0.509. The average Bonchev–Trinajstić information content (AvgIpc) is 1.96. The Kier molecular flexibility index (Phi) is 3.13. The maximum Gasteiger partial charge on any atom is 0.0771 e. The highest BCUT2D eigenvalue weighted by molar-refractivity contribution is 4.90. The molecule has 0 spiro atoms. The third-order valence-corrected chi connectivity index (χ3v) is 3.04. The van der Waals surface area contributed by atoms with Crippen LogP contribution in [0.1, 0.15) is 40.0 Å².